The molecule has 0 amide bonds. The Morgan fingerprint density at radius 2 is 1.73 bits per heavy atom. The highest BCUT2D eigenvalue weighted by Crippen LogP contribution is 2.26. The molecule has 0 saturated heterocycles. The lowest BCUT2D eigenvalue weighted by Gasteiger charge is -2.21. The van der Waals surface area contributed by atoms with E-state index in [4.69, 9.17) is 11.6 Å². The SMILES string of the molecule is CC(C)(C)Nc1nc(Nc2ccc(F)c(Cl)c2)cc(-c2ccncc2)n1. The first kappa shape index (κ1) is 18.1. The van der Waals surface area contributed by atoms with Crippen molar-refractivity contribution in [2.45, 2.75) is 26.3 Å². The molecule has 0 bridgehead atoms. The fourth-order valence-electron chi connectivity index (χ4n) is 2.29. The van der Waals surface area contributed by atoms with Crippen molar-refractivity contribution >= 4 is 29.1 Å². The van der Waals surface area contributed by atoms with Gasteiger partial charge in [0.25, 0.3) is 0 Å². The third-order valence-corrected chi connectivity index (χ3v) is 3.67. The van der Waals surface area contributed by atoms with Crippen molar-refractivity contribution in [2.75, 3.05) is 10.6 Å². The molecular formula is C19H19ClFN5. The first-order valence-corrected chi connectivity index (χ1v) is 8.48. The molecule has 2 N–H and O–H groups in total. The van der Waals surface area contributed by atoms with Gasteiger partial charge < -0.3 is 10.6 Å². The first-order valence-electron chi connectivity index (χ1n) is 8.10. The second-order valence-electron chi connectivity index (χ2n) is 6.83. The summed E-state index contributed by atoms with van der Waals surface area (Å²) >= 11 is 5.86. The maximum Gasteiger partial charge on any atom is 0.225 e. The van der Waals surface area contributed by atoms with E-state index in [1.807, 2.05) is 39.0 Å². The van der Waals surface area contributed by atoms with Crippen molar-refractivity contribution in [2.24, 2.45) is 0 Å². The zero-order chi connectivity index (χ0) is 18.7. The fraction of sp³-hybridized carbons (Fsp3) is 0.211. The molecular weight excluding hydrogens is 353 g/mol. The Kier molecular flexibility index (Phi) is 5.04. The minimum Gasteiger partial charge on any atom is -0.350 e. The van der Waals surface area contributed by atoms with E-state index in [1.54, 1.807) is 18.5 Å². The van der Waals surface area contributed by atoms with Crippen LogP contribution in [0.3, 0.4) is 0 Å². The van der Waals surface area contributed by atoms with Crippen molar-refractivity contribution < 1.29 is 4.39 Å². The van der Waals surface area contributed by atoms with Gasteiger partial charge in [0.1, 0.15) is 11.6 Å². The summed E-state index contributed by atoms with van der Waals surface area (Å²) in [6.07, 6.45) is 3.42. The van der Waals surface area contributed by atoms with Gasteiger partial charge in [0, 0.05) is 35.2 Å². The average molecular weight is 372 g/mol. The van der Waals surface area contributed by atoms with Crippen LogP contribution >= 0.6 is 11.6 Å². The van der Waals surface area contributed by atoms with Gasteiger partial charge in [0.15, 0.2) is 0 Å². The lowest BCUT2D eigenvalue weighted by molar-refractivity contribution is 0.626. The summed E-state index contributed by atoms with van der Waals surface area (Å²) in [6, 6.07) is 10.0. The minimum absolute atomic E-state index is 0.0476. The van der Waals surface area contributed by atoms with Crippen LogP contribution < -0.4 is 10.6 Å². The second-order valence-corrected chi connectivity index (χ2v) is 7.23. The number of nitrogens with zero attached hydrogens (tertiary/aromatic N) is 3. The Morgan fingerprint density at radius 3 is 2.38 bits per heavy atom. The van der Waals surface area contributed by atoms with Crippen LogP contribution in [0.1, 0.15) is 20.8 Å². The van der Waals surface area contributed by atoms with Gasteiger partial charge >= 0.3 is 0 Å². The quantitative estimate of drug-likeness (QED) is 0.652. The molecule has 0 radical (unpaired) electrons. The van der Waals surface area contributed by atoms with Gasteiger partial charge in [-0.25, -0.2) is 9.37 Å². The summed E-state index contributed by atoms with van der Waals surface area (Å²) in [4.78, 5) is 13.1. The van der Waals surface area contributed by atoms with Crippen molar-refractivity contribution in [3.8, 4) is 11.3 Å². The van der Waals surface area contributed by atoms with E-state index in [9.17, 15) is 4.39 Å². The van der Waals surface area contributed by atoms with Gasteiger partial charge in [-0.05, 0) is 51.1 Å². The molecule has 0 atom stereocenters. The molecule has 7 heteroatoms. The molecule has 0 unspecified atom stereocenters. The third-order valence-electron chi connectivity index (χ3n) is 3.38. The number of rotatable bonds is 4. The summed E-state index contributed by atoms with van der Waals surface area (Å²) < 4.78 is 13.4. The normalized spacial score (nSPS) is 11.3. The van der Waals surface area contributed by atoms with Crippen molar-refractivity contribution in [3.63, 3.8) is 0 Å². The first-order chi connectivity index (χ1) is 12.3. The summed E-state index contributed by atoms with van der Waals surface area (Å²) in [5, 5.41) is 6.47. The van der Waals surface area contributed by atoms with Gasteiger partial charge in [-0.1, -0.05) is 11.6 Å². The molecule has 0 aliphatic rings. The molecule has 134 valence electrons. The van der Waals surface area contributed by atoms with E-state index in [-0.39, 0.29) is 10.6 Å². The van der Waals surface area contributed by atoms with Gasteiger partial charge in [-0.3, -0.25) is 4.98 Å². The molecule has 3 rings (SSSR count). The summed E-state index contributed by atoms with van der Waals surface area (Å²) in [5.74, 6) is 0.594. The van der Waals surface area contributed by atoms with E-state index in [2.05, 4.69) is 25.6 Å². The molecule has 0 spiro atoms. The van der Waals surface area contributed by atoms with Crippen LogP contribution in [-0.2, 0) is 0 Å². The number of anilines is 3. The second kappa shape index (κ2) is 7.25. The zero-order valence-corrected chi connectivity index (χ0v) is 15.5. The van der Waals surface area contributed by atoms with Crippen LogP contribution in [-0.4, -0.2) is 20.5 Å². The molecule has 1 aromatic carbocycles. The lowest BCUT2D eigenvalue weighted by Crippen LogP contribution is -2.27. The number of hydrogen-bond acceptors (Lipinski definition) is 5. The largest absolute Gasteiger partial charge is 0.350 e. The number of benzene rings is 1. The highest BCUT2D eigenvalue weighted by molar-refractivity contribution is 6.31. The molecule has 26 heavy (non-hydrogen) atoms. The fourth-order valence-corrected chi connectivity index (χ4v) is 2.48. The highest BCUT2D eigenvalue weighted by atomic mass is 35.5. The van der Waals surface area contributed by atoms with Crippen LogP contribution in [0.5, 0.6) is 0 Å². The summed E-state index contributed by atoms with van der Waals surface area (Å²) in [6.45, 7) is 6.09. The molecule has 0 saturated carbocycles. The molecule has 0 fully saturated rings. The Balaban J connectivity index is 2.00. The number of halogens is 2. The van der Waals surface area contributed by atoms with E-state index >= 15 is 0 Å². The van der Waals surface area contributed by atoms with Crippen LogP contribution in [0.2, 0.25) is 5.02 Å². The van der Waals surface area contributed by atoms with Crippen molar-refractivity contribution in [1.29, 1.82) is 0 Å². The molecule has 0 aliphatic heterocycles. The van der Waals surface area contributed by atoms with Crippen molar-refractivity contribution in [1.82, 2.24) is 15.0 Å². The molecule has 3 aromatic rings. The summed E-state index contributed by atoms with van der Waals surface area (Å²) in [5.41, 5.74) is 2.09. The molecule has 0 aliphatic carbocycles. The predicted octanol–water partition coefficient (Wildman–Crippen LogP) is 5.29. The average Bonchev–Trinajstić information content (AvgIpc) is 2.57. The Bertz CT molecular complexity index is 910. The summed E-state index contributed by atoms with van der Waals surface area (Å²) in [7, 11) is 0. The minimum atomic E-state index is -0.465. The Morgan fingerprint density at radius 1 is 1.00 bits per heavy atom. The molecule has 2 aromatic heterocycles. The monoisotopic (exact) mass is 371 g/mol. The van der Waals surface area contributed by atoms with Crippen molar-refractivity contribution in [3.05, 3.63) is 59.6 Å². The number of aromatic nitrogens is 3. The van der Waals surface area contributed by atoms with E-state index in [0.717, 1.165) is 11.3 Å². The number of pyridine rings is 1. The maximum absolute atomic E-state index is 13.4. The van der Waals surface area contributed by atoms with E-state index in [0.29, 0.717) is 17.5 Å². The smallest absolute Gasteiger partial charge is 0.225 e. The van der Waals surface area contributed by atoms with Crippen LogP contribution in [0.15, 0.2) is 48.8 Å². The van der Waals surface area contributed by atoms with Gasteiger partial charge in [0.05, 0.1) is 10.7 Å². The Labute approximate surface area is 156 Å². The van der Waals surface area contributed by atoms with Crippen LogP contribution in [0.4, 0.5) is 21.8 Å². The maximum atomic E-state index is 13.4. The lowest BCUT2D eigenvalue weighted by atomic mass is 10.1. The molecule has 5 nitrogen and oxygen atoms in total. The Hall–Kier alpha value is -2.73. The topological polar surface area (TPSA) is 62.7 Å². The van der Waals surface area contributed by atoms with Gasteiger partial charge in [-0.2, -0.15) is 4.98 Å². The standard InChI is InChI=1S/C19H19ClFN5/c1-19(2,3)26-18-24-16(12-6-8-22-9-7-12)11-17(25-18)23-13-4-5-15(21)14(20)10-13/h4-11H,1-3H3,(H2,23,24,25,26). The third kappa shape index (κ3) is 4.67. The highest BCUT2D eigenvalue weighted by Gasteiger charge is 2.14. The van der Waals surface area contributed by atoms with E-state index in [1.165, 1.54) is 12.1 Å². The van der Waals surface area contributed by atoms with Crippen LogP contribution in [0.25, 0.3) is 11.3 Å². The van der Waals surface area contributed by atoms with Crippen LogP contribution in [0, 0.1) is 5.82 Å². The van der Waals surface area contributed by atoms with E-state index < -0.39 is 5.82 Å². The molecule has 2 heterocycles. The zero-order valence-electron chi connectivity index (χ0n) is 14.7. The number of hydrogen-bond donors (Lipinski definition) is 2. The van der Waals surface area contributed by atoms with Gasteiger partial charge in [0.2, 0.25) is 5.95 Å². The van der Waals surface area contributed by atoms with Gasteiger partial charge in [-0.15, -0.1) is 0 Å². The number of nitrogens with one attached hydrogen (secondary N) is 2. The predicted molar refractivity (Wildman–Crippen MR) is 103 cm³/mol.